The third-order valence-corrected chi connectivity index (χ3v) is 3.67. The molecule has 0 aromatic heterocycles. The summed E-state index contributed by atoms with van der Waals surface area (Å²) in [6.07, 6.45) is 0.585. The predicted molar refractivity (Wildman–Crippen MR) is 94.0 cm³/mol. The van der Waals surface area contributed by atoms with E-state index < -0.39 is 11.8 Å². The lowest BCUT2D eigenvalue weighted by Gasteiger charge is -2.13. The number of amides is 2. The molecule has 0 bridgehead atoms. The Morgan fingerprint density at radius 2 is 1.67 bits per heavy atom. The lowest BCUT2D eigenvalue weighted by Crippen LogP contribution is -2.36. The number of phenolic OH excluding ortho intramolecular Hbond substituents is 1. The molecule has 0 aliphatic heterocycles. The van der Waals surface area contributed by atoms with Gasteiger partial charge in [0, 0.05) is 12.2 Å². The molecule has 2 amide bonds. The van der Waals surface area contributed by atoms with Gasteiger partial charge in [0.05, 0.1) is 0 Å². The molecule has 0 spiro atoms. The number of hydrogen-bond donors (Lipinski definition) is 3. The first-order chi connectivity index (χ1) is 11.5. The summed E-state index contributed by atoms with van der Waals surface area (Å²) in [6.45, 7) is 4.41. The molecule has 2 rings (SSSR count). The van der Waals surface area contributed by atoms with Crippen LogP contribution in [0.3, 0.4) is 0 Å². The lowest BCUT2D eigenvalue weighted by molar-refractivity contribution is -0.136. The number of phenols is 1. The van der Waals surface area contributed by atoms with E-state index in [-0.39, 0.29) is 11.7 Å². The van der Waals surface area contributed by atoms with E-state index in [1.54, 1.807) is 30.3 Å². The number of carbonyl (C=O) groups excluding carboxylic acids is 2. The van der Waals surface area contributed by atoms with Crippen LogP contribution in [0.25, 0.3) is 0 Å². The highest BCUT2D eigenvalue weighted by atomic mass is 16.3. The summed E-state index contributed by atoms with van der Waals surface area (Å²) in [5.41, 5.74) is 2.62. The zero-order valence-corrected chi connectivity index (χ0v) is 13.9. The van der Waals surface area contributed by atoms with Gasteiger partial charge in [-0.15, -0.1) is 0 Å². The van der Waals surface area contributed by atoms with Crippen molar-refractivity contribution in [2.75, 3.05) is 11.9 Å². The standard InChI is InChI=1S/C19H22N2O3/c1-13(2)16-5-3-4-6-17(16)21-19(24)18(23)20-12-11-14-7-9-15(22)10-8-14/h3-10,13,22H,11-12H2,1-2H3,(H,20,23)(H,21,24). The normalized spacial score (nSPS) is 10.5. The molecule has 0 atom stereocenters. The molecule has 5 nitrogen and oxygen atoms in total. The number of hydrogen-bond acceptors (Lipinski definition) is 3. The average Bonchev–Trinajstić information content (AvgIpc) is 2.56. The van der Waals surface area contributed by atoms with Gasteiger partial charge in [0.15, 0.2) is 0 Å². The van der Waals surface area contributed by atoms with Gasteiger partial charge in [0.1, 0.15) is 5.75 Å². The second-order valence-electron chi connectivity index (χ2n) is 5.87. The largest absolute Gasteiger partial charge is 0.508 e. The molecule has 5 heteroatoms. The van der Waals surface area contributed by atoms with E-state index in [4.69, 9.17) is 0 Å². The van der Waals surface area contributed by atoms with E-state index in [0.29, 0.717) is 18.7 Å². The molecule has 3 N–H and O–H groups in total. The van der Waals surface area contributed by atoms with Gasteiger partial charge in [-0.05, 0) is 41.7 Å². The Labute approximate surface area is 141 Å². The topological polar surface area (TPSA) is 78.4 Å². The van der Waals surface area contributed by atoms with Crippen LogP contribution < -0.4 is 10.6 Å². The maximum atomic E-state index is 12.0. The summed E-state index contributed by atoms with van der Waals surface area (Å²) in [4.78, 5) is 23.9. The number of rotatable bonds is 5. The van der Waals surface area contributed by atoms with Gasteiger partial charge >= 0.3 is 11.8 Å². The van der Waals surface area contributed by atoms with Crippen molar-refractivity contribution < 1.29 is 14.7 Å². The van der Waals surface area contributed by atoms with Gasteiger partial charge in [-0.1, -0.05) is 44.2 Å². The first kappa shape index (κ1) is 17.5. The van der Waals surface area contributed by atoms with Crippen molar-refractivity contribution in [2.45, 2.75) is 26.2 Å². The Bertz CT molecular complexity index is 709. The van der Waals surface area contributed by atoms with Crippen molar-refractivity contribution in [3.63, 3.8) is 0 Å². The first-order valence-electron chi connectivity index (χ1n) is 7.93. The van der Waals surface area contributed by atoms with E-state index in [1.807, 2.05) is 32.0 Å². The summed E-state index contributed by atoms with van der Waals surface area (Å²) in [6, 6.07) is 14.2. The molecule has 0 aliphatic rings. The smallest absolute Gasteiger partial charge is 0.313 e. The van der Waals surface area contributed by atoms with Crippen LogP contribution in [0.5, 0.6) is 5.75 Å². The molecule has 0 heterocycles. The Kier molecular flexibility index (Phi) is 5.95. The summed E-state index contributed by atoms with van der Waals surface area (Å²) < 4.78 is 0. The van der Waals surface area contributed by atoms with E-state index >= 15 is 0 Å². The van der Waals surface area contributed by atoms with Crippen LogP contribution >= 0.6 is 0 Å². The van der Waals surface area contributed by atoms with Crippen LogP contribution in [0.1, 0.15) is 30.9 Å². The van der Waals surface area contributed by atoms with Gasteiger partial charge in [-0.3, -0.25) is 9.59 Å². The van der Waals surface area contributed by atoms with Gasteiger partial charge < -0.3 is 15.7 Å². The first-order valence-corrected chi connectivity index (χ1v) is 7.93. The number of para-hydroxylation sites is 1. The third-order valence-electron chi connectivity index (χ3n) is 3.67. The van der Waals surface area contributed by atoms with Crippen molar-refractivity contribution in [2.24, 2.45) is 0 Å². The SMILES string of the molecule is CC(C)c1ccccc1NC(=O)C(=O)NCCc1ccc(O)cc1. The average molecular weight is 326 g/mol. The molecular weight excluding hydrogens is 304 g/mol. The fourth-order valence-electron chi connectivity index (χ4n) is 2.36. The summed E-state index contributed by atoms with van der Waals surface area (Å²) in [5, 5.41) is 14.5. The molecular formula is C19H22N2O3. The Hall–Kier alpha value is -2.82. The fraction of sp³-hybridized carbons (Fsp3) is 0.263. The molecule has 2 aromatic rings. The maximum absolute atomic E-state index is 12.0. The molecule has 0 saturated heterocycles. The molecule has 0 fully saturated rings. The van der Waals surface area contributed by atoms with Crippen LogP contribution in [0, 0.1) is 0 Å². The zero-order valence-electron chi connectivity index (χ0n) is 13.9. The molecule has 126 valence electrons. The maximum Gasteiger partial charge on any atom is 0.313 e. The highest BCUT2D eigenvalue weighted by Gasteiger charge is 2.15. The minimum atomic E-state index is -0.672. The van der Waals surface area contributed by atoms with Crippen molar-refractivity contribution >= 4 is 17.5 Å². The molecule has 2 aromatic carbocycles. The Morgan fingerprint density at radius 3 is 2.33 bits per heavy atom. The van der Waals surface area contributed by atoms with Crippen LogP contribution in [0.15, 0.2) is 48.5 Å². The van der Waals surface area contributed by atoms with Crippen LogP contribution in [-0.4, -0.2) is 23.5 Å². The molecule has 0 radical (unpaired) electrons. The quantitative estimate of drug-likeness (QED) is 0.739. The van der Waals surface area contributed by atoms with E-state index in [1.165, 1.54) is 0 Å². The lowest BCUT2D eigenvalue weighted by atomic mass is 10.0. The minimum Gasteiger partial charge on any atom is -0.508 e. The van der Waals surface area contributed by atoms with Crippen molar-refractivity contribution in [1.29, 1.82) is 0 Å². The predicted octanol–water partition coefficient (Wildman–Crippen LogP) is 2.81. The van der Waals surface area contributed by atoms with Gasteiger partial charge in [0.25, 0.3) is 0 Å². The summed E-state index contributed by atoms with van der Waals surface area (Å²) in [7, 11) is 0. The van der Waals surface area contributed by atoms with Gasteiger partial charge in [-0.25, -0.2) is 0 Å². The fourth-order valence-corrected chi connectivity index (χ4v) is 2.36. The zero-order chi connectivity index (χ0) is 17.5. The molecule has 24 heavy (non-hydrogen) atoms. The Morgan fingerprint density at radius 1 is 1.00 bits per heavy atom. The van der Waals surface area contributed by atoms with E-state index in [2.05, 4.69) is 10.6 Å². The number of carbonyl (C=O) groups is 2. The van der Waals surface area contributed by atoms with Crippen LogP contribution in [0.4, 0.5) is 5.69 Å². The van der Waals surface area contributed by atoms with Crippen LogP contribution in [-0.2, 0) is 16.0 Å². The highest BCUT2D eigenvalue weighted by molar-refractivity contribution is 6.39. The molecule has 0 unspecified atom stereocenters. The number of anilines is 1. The Balaban J connectivity index is 1.86. The third kappa shape index (κ3) is 4.84. The van der Waals surface area contributed by atoms with Gasteiger partial charge in [0.2, 0.25) is 0 Å². The molecule has 0 saturated carbocycles. The van der Waals surface area contributed by atoms with Crippen molar-refractivity contribution in [1.82, 2.24) is 5.32 Å². The highest BCUT2D eigenvalue weighted by Crippen LogP contribution is 2.23. The summed E-state index contributed by atoms with van der Waals surface area (Å²) >= 11 is 0. The van der Waals surface area contributed by atoms with E-state index in [9.17, 15) is 14.7 Å². The number of aromatic hydroxyl groups is 1. The van der Waals surface area contributed by atoms with E-state index in [0.717, 1.165) is 11.1 Å². The minimum absolute atomic E-state index is 0.200. The summed E-state index contributed by atoms with van der Waals surface area (Å²) in [5.74, 6) is -0.883. The van der Waals surface area contributed by atoms with Crippen molar-refractivity contribution in [3.05, 3.63) is 59.7 Å². The number of nitrogens with one attached hydrogen (secondary N) is 2. The van der Waals surface area contributed by atoms with Crippen LogP contribution in [0.2, 0.25) is 0 Å². The monoisotopic (exact) mass is 326 g/mol. The number of benzene rings is 2. The van der Waals surface area contributed by atoms with Gasteiger partial charge in [-0.2, -0.15) is 0 Å². The van der Waals surface area contributed by atoms with Crippen molar-refractivity contribution in [3.8, 4) is 5.75 Å². The second-order valence-corrected chi connectivity index (χ2v) is 5.87. The molecule has 0 aliphatic carbocycles. The second kappa shape index (κ2) is 8.15.